The highest BCUT2D eigenvalue weighted by molar-refractivity contribution is 5.71. The van der Waals surface area contributed by atoms with Crippen molar-refractivity contribution in [2.75, 3.05) is 0 Å². The second kappa shape index (κ2) is 5.18. The molecule has 0 aliphatic rings. The predicted molar refractivity (Wildman–Crippen MR) is 75.4 cm³/mol. The van der Waals surface area contributed by atoms with Crippen LogP contribution in [0.3, 0.4) is 0 Å². The Hall–Kier alpha value is -1.56. The van der Waals surface area contributed by atoms with Crippen LogP contribution in [-0.2, 0) is 12.8 Å². The summed E-state index contributed by atoms with van der Waals surface area (Å²) < 4.78 is 0. The average Bonchev–Trinajstić information content (AvgIpc) is 2.38. The predicted octanol–water partition coefficient (Wildman–Crippen LogP) is 4.79. The summed E-state index contributed by atoms with van der Waals surface area (Å²) in [6, 6.07) is 15.5. The molecule has 0 aliphatic carbocycles. The molecular weight excluding hydrogens is 204 g/mol. The van der Waals surface area contributed by atoms with E-state index in [9.17, 15) is 0 Å². The fourth-order valence-electron chi connectivity index (χ4n) is 2.37. The molecule has 0 aliphatic heterocycles. The van der Waals surface area contributed by atoms with Crippen LogP contribution in [-0.4, -0.2) is 0 Å². The molecule has 17 heavy (non-hydrogen) atoms. The molecule has 0 radical (unpaired) electrons. The van der Waals surface area contributed by atoms with E-state index in [1.807, 2.05) is 0 Å². The second-order valence-electron chi connectivity index (χ2n) is 4.52. The molecule has 0 bridgehead atoms. The summed E-state index contributed by atoms with van der Waals surface area (Å²) in [5.74, 6) is 0. The summed E-state index contributed by atoms with van der Waals surface area (Å²) in [5, 5.41) is 0. The molecule has 0 saturated heterocycles. The Kier molecular flexibility index (Phi) is 3.63. The maximum absolute atomic E-state index is 2.31. The van der Waals surface area contributed by atoms with Gasteiger partial charge in [0.1, 0.15) is 0 Å². The van der Waals surface area contributed by atoms with Crippen molar-refractivity contribution in [3.05, 3.63) is 59.2 Å². The van der Waals surface area contributed by atoms with Gasteiger partial charge in [-0.1, -0.05) is 61.9 Å². The van der Waals surface area contributed by atoms with E-state index in [1.54, 1.807) is 0 Å². The quantitative estimate of drug-likeness (QED) is 0.703. The third-order valence-corrected chi connectivity index (χ3v) is 3.33. The molecule has 0 saturated carbocycles. The Labute approximate surface area is 104 Å². The normalized spacial score (nSPS) is 10.5. The van der Waals surface area contributed by atoms with Crippen molar-refractivity contribution in [1.82, 2.24) is 0 Å². The van der Waals surface area contributed by atoms with E-state index >= 15 is 0 Å². The lowest BCUT2D eigenvalue weighted by Gasteiger charge is -2.13. The van der Waals surface area contributed by atoms with E-state index in [0.29, 0.717) is 0 Å². The zero-order valence-corrected chi connectivity index (χ0v) is 11.0. The van der Waals surface area contributed by atoms with Crippen molar-refractivity contribution < 1.29 is 0 Å². The molecule has 0 heteroatoms. The number of aryl methyl sites for hydroxylation is 3. The highest BCUT2D eigenvalue weighted by Crippen LogP contribution is 2.28. The fraction of sp³-hybridized carbons (Fsp3) is 0.294. The van der Waals surface area contributed by atoms with Gasteiger partial charge in [-0.2, -0.15) is 0 Å². The Morgan fingerprint density at radius 3 is 2.12 bits per heavy atom. The standard InChI is InChI=1S/C17H20/c1-4-14-8-6-7-9-16(14)17-11-10-13(3)12-15(17)5-2/h6-12H,4-5H2,1-3H3. The van der Waals surface area contributed by atoms with Gasteiger partial charge in [0.05, 0.1) is 0 Å². The smallest absolute Gasteiger partial charge is 0.0149 e. The molecule has 2 rings (SSSR count). The molecule has 0 amide bonds. The van der Waals surface area contributed by atoms with E-state index < -0.39 is 0 Å². The first kappa shape index (κ1) is 11.9. The van der Waals surface area contributed by atoms with E-state index in [4.69, 9.17) is 0 Å². The molecule has 2 aromatic carbocycles. The van der Waals surface area contributed by atoms with Crippen molar-refractivity contribution in [1.29, 1.82) is 0 Å². The summed E-state index contributed by atoms with van der Waals surface area (Å²) in [7, 11) is 0. The van der Waals surface area contributed by atoms with Gasteiger partial charge in [-0.25, -0.2) is 0 Å². The Bertz CT molecular complexity index is 509. The molecule has 0 heterocycles. The SMILES string of the molecule is CCc1ccccc1-c1ccc(C)cc1CC. The number of benzene rings is 2. The highest BCUT2D eigenvalue weighted by Gasteiger charge is 2.07. The maximum atomic E-state index is 2.31. The summed E-state index contributed by atoms with van der Waals surface area (Å²) in [5.41, 5.74) is 7.03. The van der Waals surface area contributed by atoms with E-state index in [1.165, 1.54) is 27.8 Å². The van der Waals surface area contributed by atoms with E-state index in [0.717, 1.165) is 12.8 Å². The molecule has 0 unspecified atom stereocenters. The van der Waals surface area contributed by atoms with Crippen molar-refractivity contribution >= 4 is 0 Å². The lowest BCUT2D eigenvalue weighted by Crippen LogP contribution is -1.93. The van der Waals surface area contributed by atoms with Gasteiger partial charge in [0.25, 0.3) is 0 Å². The van der Waals surface area contributed by atoms with Gasteiger partial charge in [0.2, 0.25) is 0 Å². The van der Waals surface area contributed by atoms with Crippen LogP contribution in [0.2, 0.25) is 0 Å². The fourth-order valence-corrected chi connectivity index (χ4v) is 2.37. The van der Waals surface area contributed by atoms with E-state index in [2.05, 4.69) is 63.2 Å². The van der Waals surface area contributed by atoms with Gasteiger partial charge in [0, 0.05) is 0 Å². The first-order chi connectivity index (χ1) is 8.26. The van der Waals surface area contributed by atoms with Crippen LogP contribution in [0.25, 0.3) is 11.1 Å². The zero-order valence-electron chi connectivity index (χ0n) is 11.0. The van der Waals surface area contributed by atoms with Crippen molar-refractivity contribution in [3.63, 3.8) is 0 Å². The summed E-state index contributed by atoms with van der Waals surface area (Å²) >= 11 is 0. The van der Waals surface area contributed by atoms with Gasteiger partial charge in [-0.3, -0.25) is 0 Å². The monoisotopic (exact) mass is 224 g/mol. The van der Waals surface area contributed by atoms with Crippen molar-refractivity contribution in [2.45, 2.75) is 33.6 Å². The molecule has 88 valence electrons. The van der Waals surface area contributed by atoms with Crippen LogP contribution in [0.15, 0.2) is 42.5 Å². The van der Waals surface area contributed by atoms with Gasteiger partial charge >= 0.3 is 0 Å². The largest absolute Gasteiger partial charge is 0.0620 e. The molecule has 0 fully saturated rings. The van der Waals surface area contributed by atoms with Gasteiger partial charge < -0.3 is 0 Å². The van der Waals surface area contributed by atoms with Gasteiger partial charge in [-0.15, -0.1) is 0 Å². The number of hydrogen-bond donors (Lipinski definition) is 0. The summed E-state index contributed by atoms with van der Waals surface area (Å²) in [6.07, 6.45) is 2.18. The minimum Gasteiger partial charge on any atom is -0.0620 e. The van der Waals surface area contributed by atoms with Gasteiger partial charge in [-0.05, 0) is 42.0 Å². The van der Waals surface area contributed by atoms with Crippen molar-refractivity contribution in [3.8, 4) is 11.1 Å². The minimum atomic E-state index is 1.09. The molecule has 0 N–H and O–H groups in total. The maximum Gasteiger partial charge on any atom is -0.0149 e. The Balaban J connectivity index is 2.59. The Morgan fingerprint density at radius 2 is 1.41 bits per heavy atom. The second-order valence-corrected chi connectivity index (χ2v) is 4.52. The highest BCUT2D eigenvalue weighted by atomic mass is 14.1. The van der Waals surface area contributed by atoms with Crippen LogP contribution >= 0.6 is 0 Å². The lowest BCUT2D eigenvalue weighted by molar-refractivity contribution is 1.11. The third kappa shape index (κ3) is 2.41. The lowest BCUT2D eigenvalue weighted by atomic mass is 9.92. The van der Waals surface area contributed by atoms with Crippen LogP contribution in [0.4, 0.5) is 0 Å². The first-order valence-corrected chi connectivity index (χ1v) is 6.44. The number of rotatable bonds is 3. The minimum absolute atomic E-state index is 1.09. The number of hydrogen-bond acceptors (Lipinski definition) is 0. The van der Waals surface area contributed by atoms with E-state index in [-0.39, 0.29) is 0 Å². The van der Waals surface area contributed by atoms with Crippen molar-refractivity contribution in [2.24, 2.45) is 0 Å². The van der Waals surface area contributed by atoms with Crippen LogP contribution < -0.4 is 0 Å². The molecule has 2 aromatic rings. The molecule has 0 nitrogen and oxygen atoms in total. The molecule has 0 atom stereocenters. The Morgan fingerprint density at radius 1 is 0.765 bits per heavy atom. The summed E-state index contributed by atoms with van der Waals surface area (Å²) in [6.45, 7) is 6.61. The molecule has 0 spiro atoms. The van der Waals surface area contributed by atoms with Gasteiger partial charge in [0.15, 0.2) is 0 Å². The van der Waals surface area contributed by atoms with Crippen LogP contribution in [0, 0.1) is 6.92 Å². The zero-order chi connectivity index (χ0) is 12.3. The topological polar surface area (TPSA) is 0 Å². The molecular formula is C17H20. The first-order valence-electron chi connectivity index (χ1n) is 6.44. The third-order valence-electron chi connectivity index (χ3n) is 3.33. The van der Waals surface area contributed by atoms with Crippen LogP contribution in [0.1, 0.15) is 30.5 Å². The average molecular weight is 224 g/mol. The summed E-state index contributed by atoms with van der Waals surface area (Å²) in [4.78, 5) is 0. The van der Waals surface area contributed by atoms with Crippen LogP contribution in [0.5, 0.6) is 0 Å². The molecule has 0 aromatic heterocycles.